The summed E-state index contributed by atoms with van der Waals surface area (Å²) in [7, 11) is 0. The van der Waals surface area contributed by atoms with Crippen molar-refractivity contribution in [3.05, 3.63) is 66.4 Å². The van der Waals surface area contributed by atoms with Crippen molar-refractivity contribution < 1.29 is 8.78 Å². The van der Waals surface area contributed by atoms with Crippen LogP contribution in [-0.4, -0.2) is 25.0 Å². The van der Waals surface area contributed by atoms with Crippen molar-refractivity contribution in [2.75, 3.05) is 5.32 Å². The van der Waals surface area contributed by atoms with Gasteiger partial charge in [-0.05, 0) is 36.4 Å². The minimum Gasteiger partial charge on any atom is -0.324 e. The molecule has 8 heteroatoms. The highest BCUT2D eigenvalue weighted by Gasteiger charge is 2.11. The van der Waals surface area contributed by atoms with E-state index >= 15 is 0 Å². The van der Waals surface area contributed by atoms with E-state index < -0.39 is 0 Å². The van der Waals surface area contributed by atoms with Crippen LogP contribution in [0.15, 0.2) is 54.7 Å². The van der Waals surface area contributed by atoms with Crippen LogP contribution in [0.1, 0.15) is 0 Å². The lowest BCUT2D eigenvalue weighted by Crippen LogP contribution is -2.01. The molecule has 0 bridgehead atoms. The normalized spacial score (nSPS) is 10.9. The topological polar surface area (TPSA) is 68.5 Å². The number of halogens is 2. The van der Waals surface area contributed by atoms with Crippen molar-refractivity contribution in [2.24, 2.45) is 0 Å². The molecule has 0 atom stereocenters. The first-order chi connectivity index (χ1) is 11.7. The fraction of sp³-hybridized carbons (Fsp3) is 0. The second-order valence-electron chi connectivity index (χ2n) is 5.02. The Bertz CT molecular complexity index is 1030. The Balaban J connectivity index is 1.76. The molecule has 4 aromatic rings. The number of rotatable bonds is 3. The molecule has 2 aromatic heterocycles. The van der Waals surface area contributed by atoms with Crippen LogP contribution in [0, 0.1) is 11.6 Å². The molecule has 6 nitrogen and oxygen atoms in total. The number of hydrogen-bond acceptors (Lipinski definition) is 5. The molecule has 0 fully saturated rings. The van der Waals surface area contributed by atoms with Gasteiger partial charge in [0.2, 0.25) is 5.95 Å². The zero-order valence-electron chi connectivity index (χ0n) is 12.2. The standard InChI is InChI=1S/C16H10F2N6/c17-10-3-1-5-12(7-10)20-16-19-9-14-15(21-16)24(23-22-14)13-6-2-4-11(18)8-13/h1-9H,(H,19,20,21). The maximum absolute atomic E-state index is 13.4. The molecule has 2 heterocycles. The summed E-state index contributed by atoms with van der Waals surface area (Å²) in [6, 6.07) is 11.9. The summed E-state index contributed by atoms with van der Waals surface area (Å²) in [5.41, 5.74) is 1.88. The van der Waals surface area contributed by atoms with Gasteiger partial charge in [-0.2, -0.15) is 9.67 Å². The molecule has 0 spiro atoms. The molecule has 0 unspecified atom stereocenters. The summed E-state index contributed by atoms with van der Waals surface area (Å²) in [4.78, 5) is 8.46. The summed E-state index contributed by atoms with van der Waals surface area (Å²) in [6.07, 6.45) is 1.49. The number of benzene rings is 2. The summed E-state index contributed by atoms with van der Waals surface area (Å²) in [6.45, 7) is 0. The van der Waals surface area contributed by atoms with Crippen LogP contribution in [0.2, 0.25) is 0 Å². The molecule has 118 valence electrons. The number of nitrogens with one attached hydrogen (secondary N) is 1. The number of aromatic nitrogens is 5. The fourth-order valence-corrected chi connectivity index (χ4v) is 2.27. The molecular formula is C16H10F2N6. The summed E-state index contributed by atoms with van der Waals surface area (Å²) in [5.74, 6) is -0.496. The molecule has 0 amide bonds. The molecule has 4 rings (SSSR count). The smallest absolute Gasteiger partial charge is 0.229 e. The first-order valence-corrected chi connectivity index (χ1v) is 7.06. The van der Waals surface area contributed by atoms with E-state index in [1.165, 1.54) is 35.1 Å². The van der Waals surface area contributed by atoms with Crippen molar-refractivity contribution in [2.45, 2.75) is 0 Å². The van der Waals surface area contributed by atoms with Crippen molar-refractivity contribution in [3.8, 4) is 5.69 Å². The average molecular weight is 324 g/mol. The molecule has 1 N–H and O–H groups in total. The number of anilines is 2. The van der Waals surface area contributed by atoms with Gasteiger partial charge in [-0.15, -0.1) is 5.10 Å². The van der Waals surface area contributed by atoms with E-state index in [1.807, 2.05) is 0 Å². The van der Waals surface area contributed by atoms with Crippen LogP contribution in [0.3, 0.4) is 0 Å². The monoisotopic (exact) mass is 324 g/mol. The first-order valence-electron chi connectivity index (χ1n) is 7.06. The molecule has 0 radical (unpaired) electrons. The third-order valence-electron chi connectivity index (χ3n) is 3.33. The van der Waals surface area contributed by atoms with Crippen LogP contribution in [0.4, 0.5) is 20.4 Å². The summed E-state index contributed by atoms with van der Waals surface area (Å²) in [5, 5.41) is 10.9. The lowest BCUT2D eigenvalue weighted by atomic mass is 10.3. The van der Waals surface area contributed by atoms with Crippen molar-refractivity contribution in [3.63, 3.8) is 0 Å². The van der Waals surface area contributed by atoms with E-state index in [2.05, 4.69) is 25.6 Å². The van der Waals surface area contributed by atoms with Gasteiger partial charge in [0.25, 0.3) is 0 Å². The lowest BCUT2D eigenvalue weighted by molar-refractivity contribution is 0.625. The fourth-order valence-electron chi connectivity index (χ4n) is 2.27. The van der Waals surface area contributed by atoms with Crippen LogP contribution < -0.4 is 5.32 Å². The third-order valence-corrected chi connectivity index (χ3v) is 3.33. The summed E-state index contributed by atoms with van der Waals surface area (Å²) >= 11 is 0. The minimum atomic E-state index is -0.386. The van der Waals surface area contributed by atoms with E-state index in [0.717, 1.165) is 0 Å². The predicted molar refractivity (Wildman–Crippen MR) is 84.1 cm³/mol. The van der Waals surface area contributed by atoms with E-state index in [0.29, 0.717) is 22.5 Å². The van der Waals surface area contributed by atoms with Crippen molar-refractivity contribution in [1.82, 2.24) is 25.0 Å². The second-order valence-corrected chi connectivity index (χ2v) is 5.02. The van der Waals surface area contributed by atoms with E-state index in [4.69, 9.17) is 0 Å². The Morgan fingerprint density at radius 2 is 1.75 bits per heavy atom. The Hall–Kier alpha value is -3.42. The predicted octanol–water partition coefficient (Wildman–Crippen LogP) is 3.23. The van der Waals surface area contributed by atoms with Gasteiger partial charge in [-0.1, -0.05) is 17.3 Å². The van der Waals surface area contributed by atoms with Gasteiger partial charge in [0.1, 0.15) is 11.6 Å². The Morgan fingerprint density at radius 1 is 0.958 bits per heavy atom. The molecular weight excluding hydrogens is 314 g/mol. The molecule has 0 saturated carbocycles. The molecule has 24 heavy (non-hydrogen) atoms. The van der Waals surface area contributed by atoms with Gasteiger partial charge >= 0.3 is 0 Å². The molecule has 0 saturated heterocycles. The average Bonchev–Trinajstić information content (AvgIpc) is 2.98. The highest BCUT2D eigenvalue weighted by Crippen LogP contribution is 2.18. The zero-order chi connectivity index (χ0) is 16.5. The van der Waals surface area contributed by atoms with Gasteiger partial charge in [-0.3, -0.25) is 0 Å². The van der Waals surface area contributed by atoms with Crippen molar-refractivity contribution >= 4 is 22.8 Å². The maximum Gasteiger partial charge on any atom is 0.229 e. The van der Waals surface area contributed by atoms with Crippen LogP contribution in [0.25, 0.3) is 16.9 Å². The Kier molecular flexibility index (Phi) is 3.34. The Morgan fingerprint density at radius 3 is 2.54 bits per heavy atom. The third kappa shape index (κ3) is 2.65. The number of nitrogens with zero attached hydrogens (tertiary/aromatic N) is 5. The molecule has 0 aliphatic carbocycles. The van der Waals surface area contributed by atoms with Gasteiger partial charge in [0.15, 0.2) is 11.2 Å². The SMILES string of the molecule is Fc1cccc(Nc2ncc3nnn(-c4cccc(F)c4)c3n2)c1. The van der Waals surface area contributed by atoms with Gasteiger partial charge in [-0.25, -0.2) is 13.8 Å². The molecule has 2 aromatic carbocycles. The highest BCUT2D eigenvalue weighted by atomic mass is 19.1. The highest BCUT2D eigenvalue weighted by molar-refractivity contribution is 5.72. The number of fused-ring (bicyclic) bond motifs is 1. The minimum absolute atomic E-state index is 0.257. The van der Waals surface area contributed by atoms with Crippen LogP contribution in [-0.2, 0) is 0 Å². The van der Waals surface area contributed by atoms with Crippen LogP contribution >= 0.6 is 0 Å². The second kappa shape index (κ2) is 5.65. The van der Waals surface area contributed by atoms with E-state index in [1.54, 1.807) is 24.3 Å². The number of hydrogen-bond donors (Lipinski definition) is 1. The van der Waals surface area contributed by atoms with Gasteiger partial charge in [0.05, 0.1) is 11.9 Å². The van der Waals surface area contributed by atoms with E-state index in [-0.39, 0.29) is 17.6 Å². The zero-order valence-corrected chi connectivity index (χ0v) is 12.2. The molecule has 0 aliphatic rings. The van der Waals surface area contributed by atoms with Gasteiger partial charge in [0, 0.05) is 5.69 Å². The van der Waals surface area contributed by atoms with Crippen molar-refractivity contribution in [1.29, 1.82) is 0 Å². The largest absolute Gasteiger partial charge is 0.324 e. The lowest BCUT2D eigenvalue weighted by Gasteiger charge is -2.05. The summed E-state index contributed by atoms with van der Waals surface area (Å²) < 4.78 is 28.1. The first kappa shape index (κ1) is 14.2. The van der Waals surface area contributed by atoms with E-state index in [9.17, 15) is 8.78 Å². The van der Waals surface area contributed by atoms with Gasteiger partial charge < -0.3 is 5.32 Å². The Labute approximate surface area is 134 Å². The quantitative estimate of drug-likeness (QED) is 0.626. The van der Waals surface area contributed by atoms with Crippen LogP contribution in [0.5, 0.6) is 0 Å². The maximum atomic E-state index is 13.4. The molecule has 0 aliphatic heterocycles.